The summed E-state index contributed by atoms with van der Waals surface area (Å²) >= 11 is 1.28. The number of aryl methyl sites for hydroxylation is 1. The number of nitrogens with zero attached hydrogens (tertiary/aromatic N) is 2. The van der Waals surface area contributed by atoms with Crippen LogP contribution in [0, 0.1) is 12.8 Å². The van der Waals surface area contributed by atoms with Crippen LogP contribution in [0.5, 0.6) is 5.75 Å². The predicted molar refractivity (Wildman–Crippen MR) is 127 cm³/mol. The van der Waals surface area contributed by atoms with E-state index in [9.17, 15) is 9.59 Å². The fourth-order valence-corrected chi connectivity index (χ4v) is 3.78. The van der Waals surface area contributed by atoms with Crippen LogP contribution < -0.4 is 20.7 Å². The maximum absolute atomic E-state index is 12.9. The van der Waals surface area contributed by atoms with E-state index in [-0.39, 0.29) is 11.8 Å². The second-order valence-electron chi connectivity index (χ2n) is 7.52. The zero-order valence-corrected chi connectivity index (χ0v) is 19.3. The van der Waals surface area contributed by atoms with Gasteiger partial charge in [-0.25, -0.2) is 4.79 Å². The highest BCUT2D eigenvalue weighted by Gasteiger charge is 2.25. The largest absolute Gasteiger partial charge is 0.492 e. The number of nitrogens with one attached hydrogen (secondary N) is 3. The first kappa shape index (κ1) is 23.2. The molecule has 1 unspecified atom stereocenters. The van der Waals surface area contributed by atoms with Gasteiger partial charge < -0.3 is 15.4 Å². The number of urea groups is 1. The minimum absolute atomic E-state index is 0.146. The molecule has 0 spiro atoms. The first-order valence-electron chi connectivity index (χ1n) is 10.4. The third kappa shape index (κ3) is 6.04. The van der Waals surface area contributed by atoms with Gasteiger partial charge in [0.05, 0.1) is 12.3 Å². The van der Waals surface area contributed by atoms with E-state index >= 15 is 0 Å². The van der Waals surface area contributed by atoms with Gasteiger partial charge in [-0.1, -0.05) is 61.1 Å². The third-order valence-corrected chi connectivity index (χ3v) is 5.48. The lowest BCUT2D eigenvalue weighted by atomic mass is 10.0. The Morgan fingerprint density at radius 2 is 1.84 bits per heavy atom. The number of benzene rings is 2. The minimum atomic E-state index is -0.763. The first-order valence-corrected chi connectivity index (χ1v) is 11.2. The van der Waals surface area contributed by atoms with Crippen molar-refractivity contribution in [1.82, 2.24) is 15.5 Å². The van der Waals surface area contributed by atoms with E-state index in [2.05, 4.69) is 26.1 Å². The maximum atomic E-state index is 12.9. The molecule has 3 amide bonds. The minimum Gasteiger partial charge on any atom is -0.492 e. The van der Waals surface area contributed by atoms with Crippen LogP contribution in [0.4, 0.5) is 15.6 Å². The Bertz CT molecular complexity index is 1080. The normalized spacial score (nSPS) is 11.7. The number of anilines is 2. The Hall–Kier alpha value is -3.46. The summed E-state index contributed by atoms with van der Waals surface area (Å²) in [4.78, 5) is 25.5. The van der Waals surface area contributed by atoms with Gasteiger partial charge in [0.1, 0.15) is 16.8 Å². The highest BCUT2D eigenvalue weighted by atomic mass is 32.1. The van der Waals surface area contributed by atoms with E-state index in [1.807, 2.05) is 58.0 Å². The van der Waals surface area contributed by atoms with Gasteiger partial charge in [-0.05, 0) is 38.0 Å². The van der Waals surface area contributed by atoms with Crippen molar-refractivity contribution in [3.63, 3.8) is 0 Å². The summed E-state index contributed by atoms with van der Waals surface area (Å²) in [6.07, 6.45) is 0. The lowest BCUT2D eigenvalue weighted by Crippen LogP contribution is -2.48. The summed E-state index contributed by atoms with van der Waals surface area (Å²) in [5, 5.41) is 17.6. The Morgan fingerprint density at radius 1 is 1.06 bits per heavy atom. The monoisotopic (exact) mass is 453 g/mol. The molecule has 0 aliphatic rings. The standard InChI is InChI=1S/C23H27N5O3S/c1-5-31-18-12-7-6-11-17(18)24-22(30)25-19(14(2)3)20(29)26-23-28-27-21(32-23)16-10-8-9-15(4)13-16/h6-14,19H,5H2,1-4H3,(H2,24,25,30)(H,26,28,29). The topological polar surface area (TPSA) is 105 Å². The molecule has 1 heterocycles. The summed E-state index contributed by atoms with van der Waals surface area (Å²) in [6, 6.07) is 13.8. The molecule has 8 nitrogen and oxygen atoms in total. The number of hydrogen-bond acceptors (Lipinski definition) is 6. The molecule has 3 rings (SSSR count). The maximum Gasteiger partial charge on any atom is 0.320 e. The van der Waals surface area contributed by atoms with Crippen molar-refractivity contribution in [2.75, 3.05) is 17.2 Å². The lowest BCUT2D eigenvalue weighted by Gasteiger charge is -2.21. The number of para-hydroxylation sites is 2. The van der Waals surface area contributed by atoms with E-state index in [4.69, 9.17) is 4.74 Å². The number of amides is 3. The predicted octanol–water partition coefficient (Wildman–Crippen LogP) is 4.70. The molecule has 0 bridgehead atoms. The molecule has 0 aliphatic heterocycles. The number of carbonyl (C=O) groups excluding carboxylic acids is 2. The summed E-state index contributed by atoms with van der Waals surface area (Å²) in [6.45, 7) is 8.06. The van der Waals surface area contributed by atoms with E-state index in [1.54, 1.807) is 18.2 Å². The van der Waals surface area contributed by atoms with Crippen LogP contribution in [0.15, 0.2) is 48.5 Å². The highest BCUT2D eigenvalue weighted by molar-refractivity contribution is 7.18. The summed E-state index contributed by atoms with van der Waals surface area (Å²) in [5.41, 5.74) is 2.58. The molecular formula is C23H27N5O3S. The highest BCUT2D eigenvalue weighted by Crippen LogP contribution is 2.27. The number of rotatable bonds is 8. The molecular weight excluding hydrogens is 426 g/mol. The lowest BCUT2D eigenvalue weighted by molar-refractivity contribution is -0.118. The second-order valence-corrected chi connectivity index (χ2v) is 8.50. The number of aromatic nitrogens is 2. The molecule has 1 aromatic heterocycles. The Morgan fingerprint density at radius 3 is 2.56 bits per heavy atom. The Balaban J connectivity index is 1.66. The van der Waals surface area contributed by atoms with Crippen molar-refractivity contribution in [2.24, 2.45) is 5.92 Å². The van der Waals surface area contributed by atoms with E-state index < -0.39 is 12.1 Å². The molecule has 0 fully saturated rings. The number of ether oxygens (including phenoxy) is 1. The Labute approximate surface area is 191 Å². The van der Waals surface area contributed by atoms with E-state index in [0.717, 1.165) is 11.1 Å². The zero-order chi connectivity index (χ0) is 23.1. The van der Waals surface area contributed by atoms with Gasteiger partial charge >= 0.3 is 6.03 Å². The van der Waals surface area contributed by atoms with Gasteiger partial charge in [0.2, 0.25) is 11.0 Å². The summed E-state index contributed by atoms with van der Waals surface area (Å²) in [7, 11) is 0. The van der Waals surface area contributed by atoms with Crippen molar-refractivity contribution < 1.29 is 14.3 Å². The van der Waals surface area contributed by atoms with Crippen molar-refractivity contribution in [2.45, 2.75) is 33.7 Å². The molecule has 0 saturated heterocycles. The molecule has 0 radical (unpaired) electrons. The molecule has 2 aromatic carbocycles. The SMILES string of the molecule is CCOc1ccccc1NC(=O)NC(C(=O)Nc1nnc(-c2cccc(C)c2)s1)C(C)C. The van der Waals surface area contributed by atoms with Gasteiger partial charge in [0.15, 0.2) is 0 Å². The molecule has 3 N–H and O–H groups in total. The third-order valence-electron chi connectivity index (χ3n) is 4.59. The van der Waals surface area contributed by atoms with Crippen LogP contribution in [0.1, 0.15) is 26.3 Å². The van der Waals surface area contributed by atoms with Crippen LogP contribution in [0.2, 0.25) is 0 Å². The molecule has 1 atom stereocenters. The molecule has 9 heteroatoms. The summed E-state index contributed by atoms with van der Waals surface area (Å²) < 4.78 is 5.53. The quantitative estimate of drug-likeness (QED) is 0.459. The van der Waals surface area contributed by atoms with Crippen molar-refractivity contribution in [1.29, 1.82) is 0 Å². The van der Waals surface area contributed by atoms with Crippen LogP contribution >= 0.6 is 11.3 Å². The van der Waals surface area contributed by atoms with E-state index in [0.29, 0.717) is 28.2 Å². The van der Waals surface area contributed by atoms with Crippen LogP contribution in [0.3, 0.4) is 0 Å². The number of hydrogen-bond donors (Lipinski definition) is 3. The number of carbonyl (C=O) groups is 2. The van der Waals surface area contributed by atoms with Gasteiger partial charge in [-0.3, -0.25) is 10.1 Å². The smallest absolute Gasteiger partial charge is 0.320 e. The van der Waals surface area contributed by atoms with E-state index in [1.165, 1.54) is 11.3 Å². The average molecular weight is 454 g/mol. The fraction of sp³-hybridized carbons (Fsp3) is 0.304. The van der Waals surface area contributed by atoms with Gasteiger partial charge in [0.25, 0.3) is 0 Å². The second kappa shape index (κ2) is 10.7. The molecule has 0 saturated carbocycles. The molecule has 0 aliphatic carbocycles. The molecule has 3 aromatic rings. The fourth-order valence-electron chi connectivity index (χ4n) is 3.04. The van der Waals surface area contributed by atoms with Crippen molar-refractivity contribution in [3.05, 3.63) is 54.1 Å². The summed E-state index contributed by atoms with van der Waals surface area (Å²) in [5.74, 6) is 0.0560. The van der Waals surface area contributed by atoms with Crippen LogP contribution in [-0.4, -0.2) is 34.8 Å². The van der Waals surface area contributed by atoms with Gasteiger partial charge in [-0.15, -0.1) is 10.2 Å². The Kier molecular flexibility index (Phi) is 7.77. The zero-order valence-electron chi connectivity index (χ0n) is 18.5. The van der Waals surface area contributed by atoms with Crippen molar-refractivity contribution in [3.8, 4) is 16.3 Å². The van der Waals surface area contributed by atoms with Crippen LogP contribution in [-0.2, 0) is 4.79 Å². The van der Waals surface area contributed by atoms with Crippen molar-refractivity contribution >= 4 is 34.1 Å². The first-order chi connectivity index (χ1) is 15.4. The van der Waals surface area contributed by atoms with Gasteiger partial charge in [0, 0.05) is 5.56 Å². The average Bonchev–Trinajstić information content (AvgIpc) is 3.22. The molecule has 32 heavy (non-hydrogen) atoms. The molecule has 168 valence electrons. The van der Waals surface area contributed by atoms with Gasteiger partial charge in [-0.2, -0.15) is 0 Å². The van der Waals surface area contributed by atoms with Crippen LogP contribution in [0.25, 0.3) is 10.6 Å².